The molecular formula is C13H19Cl2N3O2S. The van der Waals surface area contributed by atoms with Gasteiger partial charge in [0.1, 0.15) is 4.90 Å². The summed E-state index contributed by atoms with van der Waals surface area (Å²) in [5.41, 5.74) is 5.76. The summed E-state index contributed by atoms with van der Waals surface area (Å²) in [4.78, 5) is 2.21. The molecule has 1 aliphatic rings. The first-order valence-electron chi connectivity index (χ1n) is 6.73. The first kappa shape index (κ1) is 16.8. The molecule has 0 unspecified atom stereocenters. The molecule has 0 aromatic heterocycles. The second-order valence-electron chi connectivity index (χ2n) is 5.37. The first-order valence-corrected chi connectivity index (χ1v) is 8.97. The highest BCUT2D eigenvalue weighted by molar-refractivity contribution is 7.89. The van der Waals surface area contributed by atoms with Crippen molar-refractivity contribution in [2.45, 2.75) is 17.7 Å². The summed E-state index contributed by atoms with van der Waals surface area (Å²) >= 11 is 11.8. The molecule has 1 aliphatic heterocycles. The van der Waals surface area contributed by atoms with Crippen LogP contribution >= 0.6 is 23.2 Å². The van der Waals surface area contributed by atoms with E-state index in [2.05, 4.69) is 16.7 Å². The fraction of sp³-hybridized carbons (Fsp3) is 0.538. The van der Waals surface area contributed by atoms with Crippen molar-refractivity contribution in [2.24, 2.45) is 5.92 Å². The third kappa shape index (κ3) is 4.02. The lowest BCUT2D eigenvalue weighted by molar-refractivity contribution is 0.220. The zero-order valence-corrected chi connectivity index (χ0v) is 14.1. The first-order chi connectivity index (χ1) is 9.81. The summed E-state index contributed by atoms with van der Waals surface area (Å²) in [6.45, 7) is 2.39. The van der Waals surface area contributed by atoms with Crippen molar-refractivity contribution in [1.82, 2.24) is 9.62 Å². The van der Waals surface area contributed by atoms with Crippen molar-refractivity contribution >= 4 is 38.9 Å². The Morgan fingerprint density at radius 3 is 2.57 bits per heavy atom. The number of rotatable bonds is 4. The van der Waals surface area contributed by atoms with Crippen LogP contribution in [0.2, 0.25) is 10.0 Å². The third-order valence-electron chi connectivity index (χ3n) is 3.78. The summed E-state index contributed by atoms with van der Waals surface area (Å²) in [7, 11) is -1.61. The van der Waals surface area contributed by atoms with Crippen molar-refractivity contribution in [2.75, 3.05) is 32.4 Å². The molecule has 0 atom stereocenters. The van der Waals surface area contributed by atoms with Gasteiger partial charge >= 0.3 is 0 Å². The number of halogens is 2. The van der Waals surface area contributed by atoms with Crippen LogP contribution in [0.5, 0.6) is 0 Å². The Labute approximate surface area is 135 Å². The van der Waals surface area contributed by atoms with E-state index in [-0.39, 0.29) is 20.6 Å². The van der Waals surface area contributed by atoms with Crippen molar-refractivity contribution in [1.29, 1.82) is 0 Å². The van der Waals surface area contributed by atoms with Gasteiger partial charge in [-0.1, -0.05) is 23.2 Å². The number of hydrogen-bond acceptors (Lipinski definition) is 4. The molecule has 1 aromatic rings. The van der Waals surface area contributed by atoms with E-state index in [0.29, 0.717) is 12.5 Å². The van der Waals surface area contributed by atoms with Gasteiger partial charge in [-0.25, -0.2) is 13.1 Å². The number of nitrogen functional groups attached to an aromatic ring is 1. The zero-order valence-electron chi connectivity index (χ0n) is 11.8. The van der Waals surface area contributed by atoms with E-state index in [1.165, 1.54) is 12.1 Å². The van der Waals surface area contributed by atoms with Crippen LogP contribution in [0.1, 0.15) is 12.8 Å². The second kappa shape index (κ2) is 6.71. The van der Waals surface area contributed by atoms with E-state index >= 15 is 0 Å². The number of sulfonamides is 1. The lowest BCUT2D eigenvalue weighted by Gasteiger charge is -2.28. The average Bonchev–Trinajstić information content (AvgIpc) is 2.44. The topological polar surface area (TPSA) is 75.4 Å². The summed E-state index contributed by atoms with van der Waals surface area (Å²) < 4.78 is 27.3. The Bertz CT molecular complexity index is 614. The fourth-order valence-electron chi connectivity index (χ4n) is 2.33. The van der Waals surface area contributed by atoms with Crippen LogP contribution in [0.3, 0.4) is 0 Å². The van der Waals surface area contributed by atoms with Gasteiger partial charge in [-0.2, -0.15) is 0 Å². The Kier molecular flexibility index (Phi) is 5.38. The van der Waals surface area contributed by atoms with Crippen molar-refractivity contribution in [3.8, 4) is 0 Å². The van der Waals surface area contributed by atoms with Gasteiger partial charge in [0.15, 0.2) is 0 Å². The molecule has 2 rings (SSSR count). The molecular weight excluding hydrogens is 333 g/mol. The van der Waals surface area contributed by atoms with Gasteiger partial charge in [0.05, 0.1) is 15.7 Å². The van der Waals surface area contributed by atoms with Crippen LogP contribution in [0, 0.1) is 5.92 Å². The number of piperidine rings is 1. The summed E-state index contributed by atoms with van der Waals surface area (Å²) in [5.74, 6) is 0.347. The van der Waals surface area contributed by atoms with Gasteiger partial charge < -0.3 is 10.6 Å². The van der Waals surface area contributed by atoms with Crippen molar-refractivity contribution in [3.63, 3.8) is 0 Å². The molecule has 8 heteroatoms. The monoisotopic (exact) mass is 351 g/mol. The molecule has 0 aliphatic carbocycles. The fourth-order valence-corrected chi connectivity index (χ4v) is 4.21. The molecule has 0 amide bonds. The van der Waals surface area contributed by atoms with Gasteiger partial charge in [0.2, 0.25) is 10.0 Å². The molecule has 0 bridgehead atoms. The van der Waals surface area contributed by atoms with Crippen LogP contribution in [0.25, 0.3) is 0 Å². The van der Waals surface area contributed by atoms with Crippen LogP contribution in [0.15, 0.2) is 17.0 Å². The van der Waals surface area contributed by atoms with Crippen LogP contribution in [0.4, 0.5) is 5.69 Å². The predicted octanol–water partition coefficient (Wildman–Crippen LogP) is 2.20. The number of anilines is 1. The van der Waals surface area contributed by atoms with Crippen molar-refractivity contribution < 1.29 is 8.42 Å². The smallest absolute Gasteiger partial charge is 0.242 e. The molecule has 21 heavy (non-hydrogen) atoms. The standard InChI is InChI=1S/C13H19Cl2N3O2S/c1-18-6-4-9(5-7-18)8-17-21(19,20)11-3-2-10(14)13(16)12(11)15/h2-3,9,17H,4-8,16H2,1H3. The highest BCUT2D eigenvalue weighted by atomic mass is 35.5. The minimum Gasteiger partial charge on any atom is -0.396 e. The second-order valence-corrected chi connectivity index (χ2v) is 7.89. The van der Waals surface area contributed by atoms with Gasteiger partial charge in [-0.3, -0.25) is 0 Å². The lowest BCUT2D eigenvalue weighted by Crippen LogP contribution is -2.36. The number of nitrogens with zero attached hydrogens (tertiary/aromatic N) is 1. The Balaban J connectivity index is 2.07. The Morgan fingerprint density at radius 1 is 1.33 bits per heavy atom. The maximum atomic E-state index is 12.3. The van der Waals surface area contributed by atoms with Crippen molar-refractivity contribution in [3.05, 3.63) is 22.2 Å². The maximum Gasteiger partial charge on any atom is 0.242 e. The molecule has 1 saturated heterocycles. The molecule has 1 heterocycles. The summed E-state index contributed by atoms with van der Waals surface area (Å²) in [6, 6.07) is 2.81. The van der Waals surface area contributed by atoms with Gasteiger partial charge in [0, 0.05) is 6.54 Å². The van der Waals surface area contributed by atoms with Crippen LogP contribution in [-0.4, -0.2) is 40.0 Å². The summed E-state index contributed by atoms with van der Waals surface area (Å²) in [6.07, 6.45) is 1.96. The molecule has 3 N–H and O–H groups in total. The molecule has 5 nitrogen and oxygen atoms in total. The van der Waals surface area contributed by atoms with E-state index in [9.17, 15) is 8.42 Å². The molecule has 0 spiro atoms. The Morgan fingerprint density at radius 2 is 1.95 bits per heavy atom. The predicted molar refractivity (Wildman–Crippen MR) is 86.3 cm³/mol. The van der Waals surface area contributed by atoms with Gasteiger partial charge in [-0.15, -0.1) is 0 Å². The molecule has 1 aromatic carbocycles. The van der Waals surface area contributed by atoms with Crippen LogP contribution < -0.4 is 10.5 Å². The van der Waals surface area contributed by atoms with Gasteiger partial charge in [-0.05, 0) is 51.0 Å². The normalized spacial score (nSPS) is 18.0. The van der Waals surface area contributed by atoms with E-state index in [0.717, 1.165) is 25.9 Å². The van der Waals surface area contributed by atoms with Crippen LogP contribution in [-0.2, 0) is 10.0 Å². The minimum absolute atomic E-state index is 0.0287. The maximum absolute atomic E-state index is 12.3. The number of likely N-dealkylation sites (tertiary alicyclic amines) is 1. The number of nitrogens with one attached hydrogen (secondary N) is 1. The molecule has 0 saturated carbocycles. The van der Waals surface area contributed by atoms with E-state index in [1.807, 2.05) is 0 Å². The molecule has 0 radical (unpaired) electrons. The third-order valence-corrected chi connectivity index (χ3v) is 6.10. The number of hydrogen-bond donors (Lipinski definition) is 2. The van der Waals surface area contributed by atoms with Gasteiger partial charge in [0.25, 0.3) is 0 Å². The highest BCUT2D eigenvalue weighted by Gasteiger charge is 2.23. The zero-order chi connectivity index (χ0) is 15.6. The van der Waals surface area contributed by atoms with E-state index in [4.69, 9.17) is 28.9 Å². The molecule has 1 fully saturated rings. The highest BCUT2D eigenvalue weighted by Crippen LogP contribution is 2.33. The molecule has 118 valence electrons. The number of nitrogens with two attached hydrogens (primary N) is 1. The van der Waals surface area contributed by atoms with E-state index < -0.39 is 10.0 Å². The SMILES string of the molecule is CN1CCC(CNS(=O)(=O)c2ccc(Cl)c(N)c2Cl)CC1. The Hall–Kier alpha value is -0.530. The lowest BCUT2D eigenvalue weighted by atomic mass is 9.98. The largest absolute Gasteiger partial charge is 0.396 e. The van der Waals surface area contributed by atoms with E-state index in [1.54, 1.807) is 0 Å². The summed E-state index contributed by atoms with van der Waals surface area (Å²) in [5, 5.41) is 0.215. The number of benzene rings is 1. The quantitative estimate of drug-likeness (QED) is 0.815. The minimum atomic E-state index is -3.68. The average molecular weight is 352 g/mol.